The zero-order valence-electron chi connectivity index (χ0n) is 10.7. The minimum Gasteiger partial charge on any atom is -0.399 e. The minimum atomic E-state index is -0.439. The van der Waals surface area contributed by atoms with Gasteiger partial charge in [0.25, 0.3) is 0 Å². The fourth-order valence-corrected chi connectivity index (χ4v) is 2.20. The minimum absolute atomic E-state index is 0.192. The molecule has 0 fully saturated rings. The lowest BCUT2D eigenvalue weighted by molar-refractivity contribution is 0.627. The summed E-state index contributed by atoms with van der Waals surface area (Å²) in [5.74, 6) is -0.0496. The van der Waals surface area contributed by atoms with Crippen LogP contribution < -0.4 is 11.5 Å². The van der Waals surface area contributed by atoms with Gasteiger partial charge in [0.2, 0.25) is 0 Å². The molecule has 0 aliphatic rings. The van der Waals surface area contributed by atoms with Crippen LogP contribution in [-0.4, -0.2) is 20.2 Å². The highest BCUT2D eigenvalue weighted by atomic mass is 35.5. The summed E-state index contributed by atoms with van der Waals surface area (Å²) in [5, 5.41) is 11.6. The first-order chi connectivity index (χ1) is 10.1. The van der Waals surface area contributed by atoms with Gasteiger partial charge in [-0.15, -0.1) is 5.10 Å². The third-order valence-corrected chi connectivity index (χ3v) is 3.23. The average molecular weight is 305 g/mol. The van der Waals surface area contributed by atoms with E-state index in [1.807, 2.05) is 0 Å². The lowest BCUT2D eigenvalue weighted by Crippen LogP contribution is -2.03. The van der Waals surface area contributed by atoms with Crippen LogP contribution in [-0.2, 0) is 0 Å². The van der Waals surface area contributed by atoms with Gasteiger partial charge in [0.15, 0.2) is 5.82 Å². The molecule has 0 atom stereocenters. The van der Waals surface area contributed by atoms with Crippen LogP contribution in [0.15, 0.2) is 36.4 Å². The van der Waals surface area contributed by atoms with Gasteiger partial charge < -0.3 is 11.5 Å². The Morgan fingerprint density at radius 1 is 1.10 bits per heavy atom. The molecule has 0 amide bonds. The molecule has 1 heterocycles. The molecule has 0 aliphatic carbocycles. The Morgan fingerprint density at radius 2 is 1.90 bits per heavy atom. The van der Waals surface area contributed by atoms with Gasteiger partial charge in [-0.1, -0.05) is 11.6 Å². The molecule has 0 unspecified atom stereocenters. The smallest absolute Gasteiger partial charge is 0.189 e. The molecule has 2 aromatic carbocycles. The molecule has 0 aliphatic heterocycles. The number of hydrogen-bond donors (Lipinski definition) is 2. The lowest BCUT2D eigenvalue weighted by atomic mass is 10.1. The molecule has 0 bridgehead atoms. The maximum Gasteiger partial charge on any atom is 0.189 e. The van der Waals surface area contributed by atoms with E-state index in [1.54, 1.807) is 18.2 Å². The van der Waals surface area contributed by atoms with Crippen molar-refractivity contribution in [3.8, 4) is 17.1 Å². The highest BCUT2D eigenvalue weighted by molar-refractivity contribution is 6.32. The first-order valence-electron chi connectivity index (χ1n) is 5.95. The molecule has 0 saturated carbocycles. The predicted molar refractivity (Wildman–Crippen MR) is 78.4 cm³/mol. The van der Waals surface area contributed by atoms with Gasteiger partial charge in [-0.05, 0) is 46.8 Å². The third-order valence-electron chi connectivity index (χ3n) is 2.92. The molecule has 4 N–H and O–H groups in total. The largest absolute Gasteiger partial charge is 0.399 e. The van der Waals surface area contributed by atoms with Crippen molar-refractivity contribution in [1.29, 1.82) is 0 Å². The zero-order valence-corrected chi connectivity index (χ0v) is 11.4. The summed E-state index contributed by atoms with van der Waals surface area (Å²) >= 11 is 6.04. The van der Waals surface area contributed by atoms with E-state index in [0.717, 1.165) is 0 Å². The molecule has 3 aromatic rings. The quantitative estimate of drug-likeness (QED) is 0.708. The zero-order chi connectivity index (χ0) is 15.0. The topological polar surface area (TPSA) is 95.6 Å². The summed E-state index contributed by atoms with van der Waals surface area (Å²) in [4.78, 5) is 0. The number of aromatic nitrogens is 4. The van der Waals surface area contributed by atoms with Crippen LogP contribution in [0, 0.1) is 5.82 Å². The Labute approximate surface area is 124 Å². The van der Waals surface area contributed by atoms with E-state index < -0.39 is 5.82 Å². The van der Waals surface area contributed by atoms with E-state index in [2.05, 4.69) is 15.5 Å². The fraction of sp³-hybridized carbons (Fsp3) is 0. The predicted octanol–water partition coefficient (Wildman–Crippen LogP) is 2.29. The molecule has 3 rings (SSSR count). The second-order valence-electron chi connectivity index (χ2n) is 4.36. The molecule has 0 saturated heterocycles. The summed E-state index contributed by atoms with van der Waals surface area (Å²) in [5.41, 5.74) is 13.6. The molecule has 6 nitrogen and oxygen atoms in total. The highest BCUT2D eigenvalue weighted by Crippen LogP contribution is 2.29. The SMILES string of the molecule is Nc1ccc(-c2nnnn2-c2ccc(F)cc2Cl)c(N)c1. The maximum absolute atomic E-state index is 13.1. The molecule has 106 valence electrons. The van der Waals surface area contributed by atoms with Crippen LogP contribution in [0.25, 0.3) is 17.1 Å². The highest BCUT2D eigenvalue weighted by Gasteiger charge is 2.16. The molecule has 1 aromatic heterocycles. The fourth-order valence-electron chi connectivity index (χ4n) is 1.96. The van der Waals surface area contributed by atoms with Gasteiger partial charge in [-0.3, -0.25) is 0 Å². The van der Waals surface area contributed by atoms with Gasteiger partial charge >= 0.3 is 0 Å². The summed E-state index contributed by atoms with van der Waals surface area (Å²) in [6, 6.07) is 8.97. The maximum atomic E-state index is 13.1. The van der Waals surface area contributed by atoms with Crippen LogP contribution in [0.3, 0.4) is 0 Å². The van der Waals surface area contributed by atoms with Crippen molar-refractivity contribution in [3.63, 3.8) is 0 Å². The Balaban J connectivity index is 2.17. The monoisotopic (exact) mass is 304 g/mol. The van der Waals surface area contributed by atoms with E-state index in [0.29, 0.717) is 28.5 Å². The van der Waals surface area contributed by atoms with E-state index in [-0.39, 0.29) is 5.02 Å². The molecular weight excluding hydrogens is 295 g/mol. The number of nitrogen functional groups attached to an aromatic ring is 2. The second kappa shape index (κ2) is 5.02. The summed E-state index contributed by atoms with van der Waals surface area (Å²) in [7, 11) is 0. The van der Waals surface area contributed by atoms with Crippen molar-refractivity contribution >= 4 is 23.0 Å². The van der Waals surface area contributed by atoms with Crippen LogP contribution in [0.4, 0.5) is 15.8 Å². The number of tetrazole rings is 1. The molecule has 21 heavy (non-hydrogen) atoms. The number of halogens is 2. The Hall–Kier alpha value is -2.67. The van der Waals surface area contributed by atoms with Gasteiger partial charge in [-0.2, -0.15) is 4.68 Å². The van der Waals surface area contributed by atoms with Crippen molar-refractivity contribution in [1.82, 2.24) is 20.2 Å². The van der Waals surface area contributed by atoms with Crippen molar-refractivity contribution in [2.75, 3.05) is 11.5 Å². The van der Waals surface area contributed by atoms with Gasteiger partial charge in [0.05, 0.1) is 10.7 Å². The molecule has 0 radical (unpaired) electrons. The number of nitrogens with zero attached hydrogens (tertiary/aromatic N) is 4. The lowest BCUT2D eigenvalue weighted by Gasteiger charge is -2.09. The summed E-state index contributed by atoms with van der Waals surface area (Å²) < 4.78 is 14.5. The first kappa shape index (κ1) is 13.3. The van der Waals surface area contributed by atoms with E-state index in [1.165, 1.54) is 22.9 Å². The number of benzene rings is 2. The number of rotatable bonds is 2. The molecule has 8 heteroatoms. The van der Waals surface area contributed by atoms with E-state index in [9.17, 15) is 4.39 Å². The number of anilines is 2. The van der Waals surface area contributed by atoms with Crippen molar-refractivity contribution < 1.29 is 4.39 Å². The van der Waals surface area contributed by atoms with Gasteiger partial charge in [0.1, 0.15) is 5.82 Å². The van der Waals surface area contributed by atoms with E-state index in [4.69, 9.17) is 23.1 Å². The standard InChI is InChI=1S/C13H10ClFN6/c14-10-5-7(15)1-4-12(10)21-13(18-19-20-21)9-3-2-8(16)6-11(9)17/h1-6H,16-17H2. The van der Waals surface area contributed by atoms with Crippen LogP contribution in [0.5, 0.6) is 0 Å². The Kier molecular flexibility index (Phi) is 3.19. The van der Waals surface area contributed by atoms with Gasteiger partial charge in [0, 0.05) is 16.9 Å². The molecule has 0 spiro atoms. The van der Waals surface area contributed by atoms with E-state index >= 15 is 0 Å². The second-order valence-corrected chi connectivity index (χ2v) is 4.76. The number of hydrogen-bond acceptors (Lipinski definition) is 5. The van der Waals surface area contributed by atoms with Crippen molar-refractivity contribution in [3.05, 3.63) is 47.2 Å². The van der Waals surface area contributed by atoms with Crippen molar-refractivity contribution in [2.45, 2.75) is 0 Å². The van der Waals surface area contributed by atoms with Crippen LogP contribution >= 0.6 is 11.6 Å². The first-order valence-corrected chi connectivity index (χ1v) is 6.33. The van der Waals surface area contributed by atoms with Crippen molar-refractivity contribution in [2.24, 2.45) is 0 Å². The Morgan fingerprint density at radius 3 is 2.62 bits per heavy atom. The average Bonchev–Trinajstić information content (AvgIpc) is 2.87. The van der Waals surface area contributed by atoms with Crippen LogP contribution in [0.1, 0.15) is 0 Å². The normalized spacial score (nSPS) is 10.8. The summed E-state index contributed by atoms with van der Waals surface area (Å²) in [6.45, 7) is 0. The van der Waals surface area contributed by atoms with Gasteiger partial charge in [-0.25, -0.2) is 4.39 Å². The number of nitrogens with two attached hydrogens (primary N) is 2. The van der Waals surface area contributed by atoms with Crippen LogP contribution in [0.2, 0.25) is 5.02 Å². The molecular formula is C13H10ClFN6. The summed E-state index contributed by atoms with van der Waals surface area (Å²) in [6.07, 6.45) is 0. The third kappa shape index (κ3) is 2.38. The Bertz CT molecular complexity index is 750.